The first-order chi connectivity index (χ1) is 15.8. The second kappa shape index (κ2) is 8.49. The largest absolute Gasteiger partial charge is 0.418 e. The lowest BCUT2D eigenvalue weighted by Gasteiger charge is -2.38. The Balaban J connectivity index is 1.99. The Hall–Kier alpha value is -2.72. The fourth-order valence-electron chi connectivity index (χ4n) is 4.25. The molecule has 6 nitrogen and oxygen atoms in total. The summed E-state index contributed by atoms with van der Waals surface area (Å²) in [5, 5.41) is 10.2. The van der Waals surface area contributed by atoms with Crippen molar-refractivity contribution < 1.29 is 22.7 Å². The van der Waals surface area contributed by atoms with Crippen LogP contribution in [0.1, 0.15) is 50.9 Å². The summed E-state index contributed by atoms with van der Waals surface area (Å²) >= 11 is 5.85. The van der Waals surface area contributed by atoms with Crippen LogP contribution >= 0.6 is 11.6 Å². The number of hydrogen-bond donors (Lipinski definition) is 2. The van der Waals surface area contributed by atoms with E-state index in [-0.39, 0.29) is 29.1 Å². The molecule has 182 valence electrons. The number of anilines is 2. The highest BCUT2D eigenvalue weighted by molar-refractivity contribution is 6.32. The molecule has 2 aromatic heterocycles. The van der Waals surface area contributed by atoms with Gasteiger partial charge in [0.1, 0.15) is 22.9 Å². The van der Waals surface area contributed by atoms with Crippen LogP contribution in [0.2, 0.25) is 5.02 Å². The maximum Gasteiger partial charge on any atom is 0.418 e. The van der Waals surface area contributed by atoms with E-state index < -0.39 is 39.4 Å². The first-order valence-corrected chi connectivity index (χ1v) is 11.2. The van der Waals surface area contributed by atoms with Gasteiger partial charge in [-0.15, -0.1) is 0 Å². The Morgan fingerprint density at radius 3 is 2.56 bits per heavy atom. The summed E-state index contributed by atoms with van der Waals surface area (Å²) in [4.78, 5) is 14.8. The first-order valence-electron chi connectivity index (χ1n) is 10.8. The molecular formula is C23H24ClF4N5O. The predicted molar refractivity (Wildman–Crippen MR) is 123 cm³/mol. The molecule has 1 fully saturated rings. The quantitative estimate of drug-likeness (QED) is 0.364. The number of fused-ring (bicyclic) bond motifs is 1. The number of nitrogen functional groups attached to an aromatic ring is 1. The maximum absolute atomic E-state index is 15.9. The molecule has 0 spiro atoms. The lowest BCUT2D eigenvalue weighted by molar-refractivity contribution is -0.137. The Labute approximate surface area is 198 Å². The fraction of sp³-hybridized carbons (Fsp3) is 0.435. The van der Waals surface area contributed by atoms with Crippen molar-refractivity contribution in [1.82, 2.24) is 15.0 Å². The molecular weight excluding hydrogens is 474 g/mol. The molecule has 0 saturated carbocycles. The first kappa shape index (κ1) is 24.4. The van der Waals surface area contributed by atoms with Gasteiger partial charge in [-0.1, -0.05) is 25.4 Å². The number of aliphatic hydroxyl groups is 1. The van der Waals surface area contributed by atoms with Gasteiger partial charge < -0.3 is 15.7 Å². The summed E-state index contributed by atoms with van der Waals surface area (Å²) < 4.78 is 57.2. The average Bonchev–Trinajstić information content (AvgIpc) is 2.71. The monoisotopic (exact) mass is 497 g/mol. The molecule has 0 bridgehead atoms. The number of aromatic nitrogens is 3. The zero-order chi connectivity index (χ0) is 25.0. The predicted octanol–water partition coefficient (Wildman–Crippen LogP) is 5.56. The summed E-state index contributed by atoms with van der Waals surface area (Å²) in [5.41, 5.74) is 2.20. The molecule has 4 rings (SSSR count). The van der Waals surface area contributed by atoms with E-state index in [0.29, 0.717) is 31.0 Å². The van der Waals surface area contributed by atoms with Crippen LogP contribution < -0.4 is 10.6 Å². The number of hydrogen-bond acceptors (Lipinski definition) is 6. The van der Waals surface area contributed by atoms with E-state index in [9.17, 15) is 18.3 Å². The van der Waals surface area contributed by atoms with Crippen LogP contribution in [0, 0.1) is 5.82 Å². The lowest BCUT2D eigenvalue weighted by atomic mass is 9.95. The number of piperidine rings is 1. The number of benzene rings is 1. The van der Waals surface area contributed by atoms with E-state index in [4.69, 9.17) is 17.3 Å². The molecule has 3 N–H and O–H groups in total. The summed E-state index contributed by atoms with van der Waals surface area (Å²) in [6.07, 6.45) is -2.30. The Morgan fingerprint density at radius 2 is 1.94 bits per heavy atom. The molecule has 3 heterocycles. The van der Waals surface area contributed by atoms with Crippen LogP contribution in [0.25, 0.3) is 22.2 Å². The smallest absolute Gasteiger partial charge is 0.399 e. The molecule has 1 aliphatic rings. The molecule has 3 aromatic rings. The van der Waals surface area contributed by atoms with Crippen molar-refractivity contribution in [3.63, 3.8) is 0 Å². The summed E-state index contributed by atoms with van der Waals surface area (Å²) in [6, 6.07) is 1.96. The molecule has 1 aliphatic heterocycles. The molecule has 0 radical (unpaired) electrons. The number of pyridine rings is 1. The lowest BCUT2D eigenvalue weighted by Crippen LogP contribution is -2.46. The maximum atomic E-state index is 15.9. The molecule has 0 amide bonds. The number of β-amino-alcohol motifs (C(OH)–C–C–N with tert-alkyl or cyclic N) is 1. The third-order valence-electron chi connectivity index (χ3n) is 5.82. The number of nitrogens with zero attached hydrogens (tertiary/aromatic N) is 4. The van der Waals surface area contributed by atoms with Gasteiger partial charge in [-0.05, 0) is 31.9 Å². The molecule has 11 heteroatoms. The minimum absolute atomic E-state index is 0.0592. The SMILES string of the molecule is CC(C)c1nc(N2CCC[C@@](C)(O)C2)c2cnc(-c3cc(N)cc(Cl)c3C(F)(F)F)c(F)c2n1. The van der Waals surface area contributed by atoms with Gasteiger partial charge in [0.2, 0.25) is 0 Å². The van der Waals surface area contributed by atoms with Gasteiger partial charge in [0.15, 0.2) is 5.82 Å². The third-order valence-corrected chi connectivity index (χ3v) is 6.12. The van der Waals surface area contributed by atoms with E-state index in [1.54, 1.807) is 6.92 Å². The number of nitrogens with two attached hydrogens (primary N) is 1. The van der Waals surface area contributed by atoms with Gasteiger partial charge in [-0.3, -0.25) is 4.98 Å². The van der Waals surface area contributed by atoms with Gasteiger partial charge in [0.05, 0.1) is 21.6 Å². The number of halogens is 5. The molecule has 1 aromatic carbocycles. The van der Waals surface area contributed by atoms with Gasteiger partial charge >= 0.3 is 6.18 Å². The normalized spacial score (nSPS) is 19.3. The molecule has 34 heavy (non-hydrogen) atoms. The van der Waals surface area contributed by atoms with Crippen molar-refractivity contribution in [3.05, 3.63) is 40.6 Å². The van der Waals surface area contributed by atoms with Crippen LogP contribution in [0.5, 0.6) is 0 Å². The fourth-order valence-corrected chi connectivity index (χ4v) is 4.58. The van der Waals surface area contributed by atoms with E-state index in [0.717, 1.165) is 12.1 Å². The minimum Gasteiger partial charge on any atom is -0.399 e. The molecule has 1 saturated heterocycles. The highest BCUT2D eigenvalue weighted by atomic mass is 35.5. The van der Waals surface area contributed by atoms with Crippen LogP contribution in [0.15, 0.2) is 18.3 Å². The topological polar surface area (TPSA) is 88.2 Å². The second-order valence-electron chi connectivity index (χ2n) is 9.19. The van der Waals surface area contributed by atoms with Crippen molar-refractivity contribution in [2.45, 2.75) is 51.3 Å². The van der Waals surface area contributed by atoms with E-state index in [2.05, 4.69) is 15.0 Å². The van der Waals surface area contributed by atoms with Crippen molar-refractivity contribution in [1.29, 1.82) is 0 Å². The molecule has 1 atom stereocenters. The van der Waals surface area contributed by atoms with Crippen molar-refractivity contribution in [3.8, 4) is 11.3 Å². The zero-order valence-electron chi connectivity index (χ0n) is 18.8. The van der Waals surface area contributed by atoms with Gasteiger partial charge in [-0.2, -0.15) is 13.2 Å². The highest BCUT2D eigenvalue weighted by Crippen LogP contribution is 2.44. The van der Waals surface area contributed by atoms with E-state index in [1.165, 1.54) is 6.20 Å². The Morgan fingerprint density at radius 1 is 1.24 bits per heavy atom. The van der Waals surface area contributed by atoms with Crippen LogP contribution in [0.4, 0.5) is 29.1 Å². The minimum atomic E-state index is -4.86. The molecule has 0 aliphatic carbocycles. The van der Waals surface area contributed by atoms with Gasteiger partial charge in [-0.25, -0.2) is 14.4 Å². The van der Waals surface area contributed by atoms with Crippen LogP contribution in [-0.2, 0) is 6.18 Å². The van der Waals surface area contributed by atoms with E-state index in [1.807, 2.05) is 18.7 Å². The number of alkyl halides is 3. The van der Waals surface area contributed by atoms with Crippen LogP contribution in [0.3, 0.4) is 0 Å². The summed E-state index contributed by atoms with van der Waals surface area (Å²) in [6.45, 7) is 6.22. The Bertz CT molecular complexity index is 1260. The van der Waals surface area contributed by atoms with Gasteiger partial charge in [0.25, 0.3) is 0 Å². The highest BCUT2D eigenvalue weighted by Gasteiger charge is 2.38. The second-order valence-corrected chi connectivity index (χ2v) is 9.60. The van der Waals surface area contributed by atoms with Crippen molar-refractivity contribution in [2.75, 3.05) is 23.7 Å². The summed E-state index contributed by atoms with van der Waals surface area (Å²) in [7, 11) is 0. The zero-order valence-corrected chi connectivity index (χ0v) is 19.6. The number of rotatable bonds is 3. The van der Waals surface area contributed by atoms with Crippen molar-refractivity contribution in [2.24, 2.45) is 0 Å². The van der Waals surface area contributed by atoms with Gasteiger partial charge in [0, 0.05) is 36.5 Å². The standard InChI is InChI=1S/C23H24ClF4N5O/c1-11(2)20-31-19-14(21(32-20)33-6-4-5-22(3,34)10-33)9-30-18(17(19)25)13-7-12(29)8-15(24)16(13)23(26,27)28/h7-9,11,34H,4-6,10,29H2,1-3H3/t22-/m1/s1. The third kappa shape index (κ3) is 4.48. The Kier molecular flexibility index (Phi) is 6.10. The van der Waals surface area contributed by atoms with Crippen LogP contribution in [-0.4, -0.2) is 38.7 Å². The summed E-state index contributed by atoms with van der Waals surface area (Å²) in [5.74, 6) is -0.505. The molecule has 0 unspecified atom stereocenters. The average molecular weight is 498 g/mol. The van der Waals surface area contributed by atoms with Crippen molar-refractivity contribution >= 4 is 34.0 Å². The van der Waals surface area contributed by atoms with E-state index >= 15 is 4.39 Å².